The van der Waals surface area contributed by atoms with Crippen LogP contribution in [0.15, 0.2) is 59.5 Å². The normalized spacial score (nSPS) is 14.2. The van der Waals surface area contributed by atoms with Gasteiger partial charge in [-0.25, -0.2) is 4.68 Å². The highest BCUT2D eigenvalue weighted by Crippen LogP contribution is 2.22. The number of methoxy groups -OCH3 is 1. The monoisotopic (exact) mass is 380 g/mol. The molecule has 0 aliphatic carbocycles. The van der Waals surface area contributed by atoms with Crippen molar-refractivity contribution in [3.63, 3.8) is 0 Å². The maximum atomic E-state index is 13.0. The Labute approximate surface area is 161 Å². The van der Waals surface area contributed by atoms with E-state index in [2.05, 4.69) is 5.10 Å². The molecule has 1 saturated heterocycles. The lowest BCUT2D eigenvalue weighted by Gasteiger charge is -2.34. The van der Waals surface area contributed by atoms with Crippen molar-refractivity contribution in [3.05, 3.63) is 66.4 Å². The second-order valence-electron chi connectivity index (χ2n) is 6.42. The molecule has 144 valence electrons. The summed E-state index contributed by atoms with van der Waals surface area (Å²) in [5, 5.41) is 4.43. The number of ether oxygens (including phenoxy) is 1. The van der Waals surface area contributed by atoms with Gasteiger partial charge in [0, 0.05) is 26.2 Å². The number of carbonyl (C=O) groups excluding carboxylic acids is 2. The summed E-state index contributed by atoms with van der Waals surface area (Å²) in [7, 11) is 1.52. The van der Waals surface area contributed by atoms with Gasteiger partial charge >= 0.3 is 0 Å². The van der Waals surface area contributed by atoms with E-state index in [0.717, 1.165) is 5.69 Å². The molecule has 0 unspecified atom stereocenters. The summed E-state index contributed by atoms with van der Waals surface area (Å²) in [5.74, 6) is 0.125. The summed E-state index contributed by atoms with van der Waals surface area (Å²) in [6, 6.07) is 11.2. The Morgan fingerprint density at radius 3 is 2.29 bits per heavy atom. The second kappa shape index (κ2) is 7.59. The van der Waals surface area contributed by atoms with Gasteiger partial charge in [-0.05, 0) is 18.2 Å². The van der Waals surface area contributed by atoms with Gasteiger partial charge in [0.05, 0.1) is 30.8 Å². The standard InChI is InChI=1S/C20H20N4O4/c1-27-17-13-24(16-5-3-2-4-6-16)21-18(17)20(26)23-10-8-22(9-11-23)19(25)15-7-12-28-14-15/h2-7,12-14H,8-11H2,1H3. The van der Waals surface area contributed by atoms with Gasteiger partial charge in [-0.3, -0.25) is 9.59 Å². The molecule has 3 heterocycles. The maximum Gasteiger partial charge on any atom is 0.278 e. The zero-order chi connectivity index (χ0) is 19.5. The van der Waals surface area contributed by atoms with Crippen LogP contribution in [0.2, 0.25) is 0 Å². The molecule has 0 saturated carbocycles. The predicted molar refractivity (Wildman–Crippen MR) is 101 cm³/mol. The lowest BCUT2D eigenvalue weighted by Crippen LogP contribution is -2.50. The van der Waals surface area contributed by atoms with Crippen molar-refractivity contribution in [1.82, 2.24) is 19.6 Å². The lowest BCUT2D eigenvalue weighted by molar-refractivity contribution is 0.0529. The van der Waals surface area contributed by atoms with Crippen LogP contribution in [-0.4, -0.2) is 64.7 Å². The van der Waals surface area contributed by atoms with Crippen LogP contribution >= 0.6 is 0 Å². The van der Waals surface area contributed by atoms with Gasteiger partial charge in [-0.2, -0.15) is 5.10 Å². The Hall–Kier alpha value is -3.55. The Morgan fingerprint density at radius 2 is 1.68 bits per heavy atom. The fourth-order valence-corrected chi connectivity index (χ4v) is 3.20. The molecule has 0 N–H and O–H groups in total. The third-order valence-electron chi connectivity index (χ3n) is 4.75. The van der Waals surface area contributed by atoms with E-state index in [1.165, 1.54) is 19.6 Å². The third-order valence-corrected chi connectivity index (χ3v) is 4.75. The summed E-state index contributed by atoms with van der Waals surface area (Å²) in [6.45, 7) is 1.78. The summed E-state index contributed by atoms with van der Waals surface area (Å²) in [6.07, 6.45) is 4.60. The lowest BCUT2D eigenvalue weighted by atomic mass is 10.2. The van der Waals surface area contributed by atoms with Crippen molar-refractivity contribution >= 4 is 11.8 Å². The molecule has 4 rings (SSSR count). The van der Waals surface area contributed by atoms with Crippen LogP contribution in [0.4, 0.5) is 0 Å². The zero-order valence-electron chi connectivity index (χ0n) is 15.4. The van der Waals surface area contributed by atoms with E-state index < -0.39 is 0 Å². The van der Waals surface area contributed by atoms with Crippen molar-refractivity contribution in [2.24, 2.45) is 0 Å². The number of carbonyl (C=O) groups is 2. The van der Waals surface area contributed by atoms with E-state index in [4.69, 9.17) is 9.15 Å². The number of benzene rings is 1. The van der Waals surface area contributed by atoms with E-state index in [1.54, 1.807) is 26.7 Å². The average Bonchev–Trinajstić information content (AvgIpc) is 3.43. The topological polar surface area (TPSA) is 80.8 Å². The fraction of sp³-hybridized carbons (Fsp3) is 0.250. The summed E-state index contributed by atoms with van der Waals surface area (Å²) >= 11 is 0. The number of nitrogens with zero attached hydrogens (tertiary/aromatic N) is 4. The molecule has 0 spiro atoms. The Balaban J connectivity index is 1.47. The molecular formula is C20H20N4O4. The molecule has 1 aliphatic rings. The van der Waals surface area contributed by atoms with Crippen LogP contribution in [0.3, 0.4) is 0 Å². The number of piperazine rings is 1. The smallest absolute Gasteiger partial charge is 0.278 e. The Bertz CT molecular complexity index is 958. The minimum atomic E-state index is -0.207. The molecule has 28 heavy (non-hydrogen) atoms. The van der Waals surface area contributed by atoms with Gasteiger partial charge in [0.15, 0.2) is 11.4 Å². The van der Waals surface area contributed by atoms with E-state index >= 15 is 0 Å². The molecule has 1 aromatic carbocycles. The van der Waals surface area contributed by atoms with Crippen LogP contribution in [-0.2, 0) is 0 Å². The number of furan rings is 1. The predicted octanol–water partition coefficient (Wildman–Crippen LogP) is 2.07. The Kier molecular flexibility index (Phi) is 4.84. The van der Waals surface area contributed by atoms with Crippen molar-refractivity contribution in [3.8, 4) is 11.4 Å². The van der Waals surface area contributed by atoms with Gasteiger partial charge in [-0.1, -0.05) is 18.2 Å². The highest BCUT2D eigenvalue weighted by Gasteiger charge is 2.29. The van der Waals surface area contributed by atoms with Crippen LogP contribution < -0.4 is 4.74 Å². The zero-order valence-corrected chi connectivity index (χ0v) is 15.4. The molecule has 8 nitrogen and oxygen atoms in total. The second-order valence-corrected chi connectivity index (χ2v) is 6.42. The molecule has 0 radical (unpaired) electrons. The van der Waals surface area contributed by atoms with Gasteiger partial charge in [0.1, 0.15) is 6.26 Å². The number of aromatic nitrogens is 2. The molecule has 1 fully saturated rings. The van der Waals surface area contributed by atoms with Gasteiger partial charge in [0.2, 0.25) is 0 Å². The van der Waals surface area contributed by atoms with Crippen molar-refractivity contribution in [1.29, 1.82) is 0 Å². The average molecular weight is 380 g/mol. The van der Waals surface area contributed by atoms with E-state index in [1.807, 2.05) is 30.3 Å². The number of rotatable bonds is 4. The van der Waals surface area contributed by atoms with E-state index in [-0.39, 0.29) is 17.5 Å². The maximum absolute atomic E-state index is 13.0. The molecule has 0 bridgehead atoms. The van der Waals surface area contributed by atoms with Gasteiger partial charge in [0.25, 0.3) is 11.8 Å². The van der Waals surface area contributed by atoms with Gasteiger partial charge in [-0.15, -0.1) is 0 Å². The molecule has 2 aromatic heterocycles. The highest BCUT2D eigenvalue weighted by atomic mass is 16.5. The van der Waals surface area contributed by atoms with Gasteiger partial charge < -0.3 is 19.0 Å². The van der Waals surface area contributed by atoms with Crippen molar-refractivity contribution in [2.45, 2.75) is 0 Å². The minimum Gasteiger partial charge on any atom is -0.493 e. The van der Waals surface area contributed by atoms with Crippen LogP contribution in [0.25, 0.3) is 5.69 Å². The van der Waals surface area contributed by atoms with Crippen molar-refractivity contribution < 1.29 is 18.7 Å². The number of hydrogen-bond donors (Lipinski definition) is 0. The van der Waals surface area contributed by atoms with E-state index in [9.17, 15) is 9.59 Å². The van der Waals surface area contributed by atoms with Crippen molar-refractivity contribution in [2.75, 3.05) is 33.3 Å². The first-order valence-corrected chi connectivity index (χ1v) is 8.97. The quantitative estimate of drug-likeness (QED) is 0.692. The number of para-hydroxylation sites is 1. The van der Waals surface area contributed by atoms with Crippen LogP contribution in [0.5, 0.6) is 5.75 Å². The number of hydrogen-bond acceptors (Lipinski definition) is 5. The summed E-state index contributed by atoms with van der Waals surface area (Å²) in [4.78, 5) is 28.8. The first-order chi connectivity index (χ1) is 13.7. The van der Waals surface area contributed by atoms with Crippen LogP contribution in [0, 0.1) is 0 Å². The van der Waals surface area contributed by atoms with E-state index in [0.29, 0.717) is 37.5 Å². The number of amides is 2. The molecule has 1 aliphatic heterocycles. The first kappa shape index (κ1) is 17.8. The highest BCUT2D eigenvalue weighted by molar-refractivity contribution is 5.96. The fourth-order valence-electron chi connectivity index (χ4n) is 3.20. The van der Waals surface area contributed by atoms with Crippen LogP contribution in [0.1, 0.15) is 20.8 Å². The molecule has 2 amide bonds. The molecule has 8 heteroatoms. The summed E-state index contributed by atoms with van der Waals surface area (Å²) < 4.78 is 12.0. The SMILES string of the molecule is COc1cn(-c2ccccc2)nc1C(=O)N1CCN(C(=O)c2ccoc2)CC1. The third kappa shape index (κ3) is 3.36. The molecule has 3 aromatic rings. The Morgan fingerprint density at radius 1 is 1.00 bits per heavy atom. The molecule has 0 atom stereocenters. The molecular weight excluding hydrogens is 360 g/mol. The first-order valence-electron chi connectivity index (χ1n) is 8.97. The summed E-state index contributed by atoms with van der Waals surface area (Å²) in [5.41, 5.74) is 1.62. The largest absolute Gasteiger partial charge is 0.493 e. The minimum absolute atomic E-state index is 0.0909.